The molecule has 3 aromatic rings. The number of hydrogen-bond acceptors (Lipinski definition) is 6. The molecule has 0 bridgehead atoms. The molecule has 168 valence electrons. The van der Waals surface area contributed by atoms with Gasteiger partial charge < -0.3 is 24.8 Å². The molecule has 0 aliphatic carbocycles. The van der Waals surface area contributed by atoms with E-state index in [0.29, 0.717) is 6.42 Å². The van der Waals surface area contributed by atoms with Crippen LogP contribution in [-0.2, 0) is 9.53 Å². The van der Waals surface area contributed by atoms with E-state index in [4.69, 9.17) is 9.26 Å². The Labute approximate surface area is 185 Å². The number of nitrogens with zero attached hydrogens (tertiary/aromatic N) is 1. The van der Waals surface area contributed by atoms with E-state index in [0.717, 1.165) is 22.8 Å². The lowest BCUT2D eigenvalue weighted by molar-refractivity contribution is -0.151. The number of rotatable bonds is 10. The first-order valence-corrected chi connectivity index (χ1v) is 10.2. The summed E-state index contributed by atoms with van der Waals surface area (Å²) < 4.78 is 9.94. The first-order chi connectivity index (χ1) is 15.3. The summed E-state index contributed by atoms with van der Waals surface area (Å²) in [6.45, 7) is 1.66. The topological polar surface area (TPSA) is 122 Å². The summed E-state index contributed by atoms with van der Waals surface area (Å²) in [5.41, 5.74) is 1.79. The number of benzene rings is 2. The molecule has 1 amide bonds. The summed E-state index contributed by atoms with van der Waals surface area (Å²) in [7, 11) is 1.46. The summed E-state index contributed by atoms with van der Waals surface area (Å²) in [5.74, 6) is -2.05. The van der Waals surface area contributed by atoms with Gasteiger partial charge in [-0.2, -0.15) is 0 Å². The van der Waals surface area contributed by atoms with Crippen molar-refractivity contribution in [1.82, 2.24) is 10.5 Å². The molecule has 0 aliphatic rings. The Morgan fingerprint density at radius 1 is 1.12 bits per heavy atom. The zero-order valence-corrected chi connectivity index (χ0v) is 17.9. The lowest BCUT2D eigenvalue weighted by atomic mass is 9.83. The molecular weight excluding hydrogens is 412 g/mol. The number of carbonyl (C=O) groups is 2. The molecule has 8 nitrogen and oxygen atoms in total. The Balaban J connectivity index is 1.84. The maximum atomic E-state index is 12.6. The van der Waals surface area contributed by atoms with Crippen molar-refractivity contribution in [1.29, 1.82) is 0 Å². The monoisotopic (exact) mass is 438 g/mol. The van der Waals surface area contributed by atoms with Crippen molar-refractivity contribution < 1.29 is 29.1 Å². The molecule has 0 radical (unpaired) electrons. The molecule has 2 atom stereocenters. The van der Waals surface area contributed by atoms with Gasteiger partial charge in [0.25, 0.3) is 11.8 Å². The van der Waals surface area contributed by atoms with Crippen LogP contribution in [0, 0.1) is 5.41 Å². The molecule has 3 rings (SSSR count). The molecule has 1 unspecified atom stereocenters. The molecule has 8 heteroatoms. The smallest absolute Gasteiger partial charge is 0.311 e. The quantitative estimate of drug-likeness (QED) is 0.437. The maximum absolute atomic E-state index is 12.6. The summed E-state index contributed by atoms with van der Waals surface area (Å²) in [5, 5.41) is 25.2. The third-order valence-electron chi connectivity index (χ3n) is 5.41. The molecule has 1 heterocycles. The highest BCUT2D eigenvalue weighted by molar-refractivity contribution is 5.91. The second-order valence-electron chi connectivity index (χ2n) is 7.90. The van der Waals surface area contributed by atoms with E-state index in [1.807, 2.05) is 54.6 Å². The van der Waals surface area contributed by atoms with Crippen LogP contribution in [0.5, 0.6) is 5.88 Å². The third-order valence-corrected chi connectivity index (χ3v) is 5.41. The highest BCUT2D eigenvalue weighted by Crippen LogP contribution is 2.31. The van der Waals surface area contributed by atoms with E-state index in [1.165, 1.54) is 7.11 Å². The second kappa shape index (κ2) is 10.1. The number of aliphatic carboxylic acids is 1. The summed E-state index contributed by atoms with van der Waals surface area (Å²) in [6.07, 6.45) is 0.617. The number of carboxylic acids is 1. The molecule has 0 spiro atoms. The van der Waals surface area contributed by atoms with E-state index in [-0.39, 0.29) is 18.8 Å². The van der Waals surface area contributed by atoms with Crippen molar-refractivity contribution >= 4 is 11.9 Å². The molecule has 3 N–H and O–H groups in total. The zero-order chi connectivity index (χ0) is 23.1. The summed E-state index contributed by atoms with van der Waals surface area (Å²) >= 11 is 0. The van der Waals surface area contributed by atoms with E-state index in [2.05, 4.69) is 10.5 Å². The van der Waals surface area contributed by atoms with E-state index < -0.39 is 29.2 Å². The maximum Gasteiger partial charge on any atom is 0.311 e. The van der Waals surface area contributed by atoms with Crippen LogP contribution < -0.4 is 5.32 Å². The predicted molar refractivity (Wildman–Crippen MR) is 117 cm³/mol. The van der Waals surface area contributed by atoms with Crippen molar-refractivity contribution in [3.8, 4) is 17.0 Å². The molecule has 1 aromatic heterocycles. The van der Waals surface area contributed by atoms with Crippen molar-refractivity contribution in [2.24, 2.45) is 5.41 Å². The fourth-order valence-electron chi connectivity index (χ4n) is 3.49. The van der Waals surface area contributed by atoms with Crippen LogP contribution in [0.25, 0.3) is 11.1 Å². The van der Waals surface area contributed by atoms with Crippen LogP contribution in [0.2, 0.25) is 0 Å². The third kappa shape index (κ3) is 5.53. The van der Waals surface area contributed by atoms with Gasteiger partial charge in [-0.05, 0) is 41.6 Å². The normalized spacial score (nSPS) is 13.8. The van der Waals surface area contributed by atoms with Gasteiger partial charge in [0.1, 0.15) is 0 Å². The minimum atomic E-state index is -1.10. The SMILES string of the molecule is COC[C@](C)(CCC(NC(=O)c1cc(O)no1)c1ccc(-c2ccccc2)cc1)C(=O)O. The van der Waals surface area contributed by atoms with Gasteiger partial charge in [-0.25, -0.2) is 0 Å². The Hall–Kier alpha value is -3.65. The highest BCUT2D eigenvalue weighted by atomic mass is 16.5. The minimum Gasteiger partial charge on any atom is -0.491 e. The number of methoxy groups -OCH3 is 1. The number of hydrogen-bond donors (Lipinski definition) is 3. The Kier molecular flexibility index (Phi) is 7.27. The molecule has 0 saturated carbocycles. The largest absolute Gasteiger partial charge is 0.491 e. The summed E-state index contributed by atoms with van der Waals surface area (Å²) in [4.78, 5) is 24.4. The average molecular weight is 438 g/mol. The van der Waals surface area contributed by atoms with Crippen LogP contribution in [0.15, 0.2) is 65.2 Å². The zero-order valence-electron chi connectivity index (χ0n) is 17.9. The van der Waals surface area contributed by atoms with Gasteiger partial charge in [0.05, 0.1) is 24.1 Å². The van der Waals surface area contributed by atoms with Crippen LogP contribution in [0.4, 0.5) is 0 Å². The Morgan fingerprint density at radius 2 is 1.78 bits per heavy atom. The van der Waals surface area contributed by atoms with Crippen molar-refractivity contribution in [2.75, 3.05) is 13.7 Å². The molecule has 32 heavy (non-hydrogen) atoms. The Bertz CT molecular complexity index is 1050. The number of ether oxygens (including phenoxy) is 1. The van der Waals surface area contributed by atoms with Gasteiger partial charge >= 0.3 is 5.97 Å². The van der Waals surface area contributed by atoms with E-state index >= 15 is 0 Å². The van der Waals surface area contributed by atoms with Crippen molar-refractivity contribution in [3.05, 3.63) is 72.0 Å². The Morgan fingerprint density at radius 3 is 2.34 bits per heavy atom. The van der Waals surface area contributed by atoms with Gasteiger partial charge in [0, 0.05) is 7.11 Å². The van der Waals surface area contributed by atoms with Crippen molar-refractivity contribution in [3.63, 3.8) is 0 Å². The van der Waals surface area contributed by atoms with E-state index in [9.17, 15) is 19.8 Å². The average Bonchev–Trinajstić information content (AvgIpc) is 3.24. The summed E-state index contributed by atoms with van der Waals surface area (Å²) in [6, 6.07) is 18.2. The standard InChI is InChI=1S/C24H26N2O6/c1-24(15-31-2,23(29)30)13-12-19(25-22(28)20-14-21(27)26-32-20)18-10-8-17(9-11-18)16-6-4-3-5-7-16/h3-11,14,19H,12-13,15H2,1-2H3,(H,25,28)(H,26,27)(H,29,30)/t19?,24-/m0/s1. The highest BCUT2D eigenvalue weighted by Gasteiger charge is 2.34. The molecule has 0 fully saturated rings. The fraction of sp³-hybridized carbons (Fsp3) is 0.292. The van der Waals surface area contributed by atoms with Crippen LogP contribution >= 0.6 is 0 Å². The van der Waals surface area contributed by atoms with E-state index in [1.54, 1.807) is 6.92 Å². The van der Waals surface area contributed by atoms with Crippen LogP contribution in [-0.4, -0.2) is 41.0 Å². The number of carboxylic acid groups (broad SMARTS) is 1. The van der Waals surface area contributed by atoms with Crippen LogP contribution in [0.3, 0.4) is 0 Å². The predicted octanol–water partition coefficient (Wildman–Crippen LogP) is 4.04. The number of carbonyl (C=O) groups excluding carboxylic acids is 1. The first-order valence-electron chi connectivity index (χ1n) is 10.2. The first kappa shape index (κ1) is 23.0. The number of aromatic nitrogens is 1. The molecule has 2 aromatic carbocycles. The van der Waals surface area contributed by atoms with Gasteiger partial charge in [-0.15, -0.1) is 0 Å². The van der Waals surface area contributed by atoms with Gasteiger partial charge in [-0.1, -0.05) is 54.6 Å². The van der Waals surface area contributed by atoms with Gasteiger partial charge in [-0.3, -0.25) is 9.59 Å². The number of nitrogens with one attached hydrogen (secondary N) is 1. The van der Waals surface area contributed by atoms with Crippen molar-refractivity contribution in [2.45, 2.75) is 25.8 Å². The van der Waals surface area contributed by atoms with Gasteiger partial charge in [0.2, 0.25) is 5.76 Å². The minimum absolute atomic E-state index is 0.0475. The number of aromatic hydroxyl groups is 1. The molecule has 0 aliphatic heterocycles. The number of amides is 1. The second-order valence-corrected chi connectivity index (χ2v) is 7.90. The lowest BCUT2D eigenvalue weighted by Gasteiger charge is -2.27. The van der Waals surface area contributed by atoms with Crippen LogP contribution in [0.1, 0.15) is 41.9 Å². The molecular formula is C24H26N2O6. The lowest BCUT2D eigenvalue weighted by Crippen LogP contribution is -2.35. The van der Waals surface area contributed by atoms with Gasteiger partial charge in [0.15, 0.2) is 0 Å². The molecule has 0 saturated heterocycles. The fourth-order valence-corrected chi connectivity index (χ4v) is 3.49.